The number of carbonyl (C=O) groups excluding carboxylic acids is 2. The summed E-state index contributed by atoms with van der Waals surface area (Å²) in [5, 5.41) is 5.67. The maximum absolute atomic E-state index is 13.5. The van der Waals surface area contributed by atoms with Gasteiger partial charge in [0.1, 0.15) is 11.9 Å². The van der Waals surface area contributed by atoms with E-state index < -0.39 is 11.5 Å². The molecule has 1 aromatic rings. The third kappa shape index (κ3) is 5.49. The molecule has 0 saturated carbocycles. The lowest BCUT2D eigenvalue weighted by Gasteiger charge is -2.29. The van der Waals surface area contributed by atoms with Gasteiger partial charge in [-0.15, -0.1) is 0 Å². The summed E-state index contributed by atoms with van der Waals surface area (Å²) in [4.78, 5) is 33.3. The fraction of sp³-hybridized carbons (Fsp3) is 0.640. The van der Waals surface area contributed by atoms with Crippen LogP contribution in [-0.2, 0) is 17.9 Å². The van der Waals surface area contributed by atoms with Gasteiger partial charge in [0.15, 0.2) is 5.69 Å². The van der Waals surface area contributed by atoms with Gasteiger partial charge in [0.2, 0.25) is 5.91 Å². The van der Waals surface area contributed by atoms with Crippen LogP contribution < -0.4 is 10.6 Å². The SMILES string of the molecule is CNC(=O)[C@@H](NC(=O)c1nc(C2=CC=CCC2)n2c1CN(CC(C)C)CCC2)C(C)(C)C. The minimum absolute atomic E-state index is 0.196. The number of aromatic nitrogens is 2. The van der Waals surface area contributed by atoms with Gasteiger partial charge in [-0.3, -0.25) is 14.5 Å². The highest BCUT2D eigenvalue weighted by molar-refractivity contribution is 5.97. The molecule has 1 aliphatic heterocycles. The van der Waals surface area contributed by atoms with E-state index in [0.717, 1.165) is 50.4 Å². The molecular formula is C25H39N5O2. The second-order valence-corrected chi connectivity index (χ2v) is 10.4. The van der Waals surface area contributed by atoms with E-state index in [1.807, 2.05) is 20.8 Å². The van der Waals surface area contributed by atoms with Crippen LogP contribution in [0, 0.1) is 11.3 Å². The van der Waals surface area contributed by atoms with E-state index in [-0.39, 0.29) is 11.8 Å². The van der Waals surface area contributed by atoms with Crippen LogP contribution in [0.5, 0.6) is 0 Å². The molecule has 1 atom stereocenters. The molecule has 1 aromatic heterocycles. The van der Waals surface area contributed by atoms with Crippen molar-refractivity contribution in [1.29, 1.82) is 0 Å². The number of imidazole rings is 1. The Kier molecular flexibility index (Phi) is 7.59. The number of hydrogen-bond donors (Lipinski definition) is 2. The van der Waals surface area contributed by atoms with E-state index in [1.165, 1.54) is 5.57 Å². The van der Waals surface area contributed by atoms with E-state index in [0.29, 0.717) is 18.2 Å². The highest BCUT2D eigenvalue weighted by Crippen LogP contribution is 2.29. The number of nitrogens with zero attached hydrogens (tertiary/aromatic N) is 3. The highest BCUT2D eigenvalue weighted by Gasteiger charge is 2.35. The van der Waals surface area contributed by atoms with Gasteiger partial charge in [-0.05, 0) is 36.2 Å². The van der Waals surface area contributed by atoms with Crippen molar-refractivity contribution >= 4 is 17.4 Å². The van der Waals surface area contributed by atoms with Crippen LogP contribution in [0.1, 0.15) is 75.9 Å². The van der Waals surface area contributed by atoms with E-state index in [2.05, 4.69) is 52.2 Å². The van der Waals surface area contributed by atoms with Crippen molar-refractivity contribution in [1.82, 2.24) is 25.1 Å². The Hall–Kier alpha value is -2.41. The Balaban J connectivity index is 2.01. The molecule has 1 aliphatic carbocycles. The predicted molar refractivity (Wildman–Crippen MR) is 128 cm³/mol. The first-order valence-corrected chi connectivity index (χ1v) is 11.8. The lowest BCUT2D eigenvalue weighted by Crippen LogP contribution is -2.53. The first-order chi connectivity index (χ1) is 15.1. The summed E-state index contributed by atoms with van der Waals surface area (Å²) in [7, 11) is 1.60. The predicted octanol–water partition coefficient (Wildman–Crippen LogP) is 3.37. The van der Waals surface area contributed by atoms with Crippen LogP contribution in [0.25, 0.3) is 5.57 Å². The zero-order valence-corrected chi connectivity index (χ0v) is 20.5. The number of rotatable bonds is 6. The largest absolute Gasteiger partial charge is 0.357 e. The Bertz CT molecular complexity index is 904. The molecule has 0 radical (unpaired) electrons. The van der Waals surface area contributed by atoms with Crippen molar-refractivity contribution in [3.05, 3.63) is 35.4 Å². The van der Waals surface area contributed by atoms with Crippen molar-refractivity contribution in [2.24, 2.45) is 11.3 Å². The average Bonchev–Trinajstić information content (AvgIpc) is 2.96. The number of allylic oxidation sites excluding steroid dienone is 4. The smallest absolute Gasteiger partial charge is 0.272 e. The molecule has 0 aromatic carbocycles. The van der Waals surface area contributed by atoms with Crippen molar-refractivity contribution in [2.75, 3.05) is 20.1 Å². The van der Waals surface area contributed by atoms with Gasteiger partial charge in [0, 0.05) is 33.2 Å². The van der Waals surface area contributed by atoms with Gasteiger partial charge < -0.3 is 15.2 Å². The lowest BCUT2D eigenvalue weighted by molar-refractivity contribution is -0.124. The molecule has 0 unspecified atom stereocenters. The molecule has 176 valence electrons. The van der Waals surface area contributed by atoms with Crippen LogP contribution in [0.2, 0.25) is 0 Å². The zero-order valence-electron chi connectivity index (χ0n) is 20.5. The molecule has 2 N–H and O–H groups in total. The minimum Gasteiger partial charge on any atom is -0.357 e. The van der Waals surface area contributed by atoms with E-state index in [4.69, 9.17) is 4.98 Å². The molecule has 2 amide bonds. The van der Waals surface area contributed by atoms with E-state index >= 15 is 0 Å². The molecule has 7 heteroatoms. The number of likely N-dealkylation sites (N-methyl/N-ethyl adjacent to an activating group) is 1. The first kappa shape index (κ1) is 24.2. The zero-order chi connectivity index (χ0) is 23.5. The van der Waals surface area contributed by atoms with Crippen LogP contribution in [0.3, 0.4) is 0 Å². The maximum Gasteiger partial charge on any atom is 0.272 e. The number of nitrogens with one attached hydrogen (secondary N) is 2. The summed E-state index contributed by atoms with van der Waals surface area (Å²) in [5.41, 5.74) is 2.15. The molecule has 32 heavy (non-hydrogen) atoms. The van der Waals surface area contributed by atoms with E-state index in [9.17, 15) is 9.59 Å². The van der Waals surface area contributed by atoms with Crippen molar-refractivity contribution in [3.63, 3.8) is 0 Å². The summed E-state index contributed by atoms with van der Waals surface area (Å²) in [5.74, 6) is 0.971. The molecule has 0 bridgehead atoms. The van der Waals surface area contributed by atoms with Gasteiger partial charge in [0.25, 0.3) is 5.91 Å². The average molecular weight is 442 g/mol. The highest BCUT2D eigenvalue weighted by atomic mass is 16.2. The standard InChI is InChI=1S/C25H39N5O2/c1-17(2)15-29-13-10-14-30-19(16-29)20(27-22(30)18-11-8-7-9-12-18)23(31)28-21(24(32)26-6)25(3,4)5/h7-8,11,17,21H,9-10,12-16H2,1-6H3,(H,26,32)(H,28,31)/t21-/m1/s1. The molecule has 7 nitrogen and oxygen atoms in total. The molecule has 2 heterocycles. The lowest BCUT2D eigenvalue weighted by atomic mass is 9.86. The number of carbonyl (C=O) groups is 2. The van der Waals surface area contributed by atoms with Gasteiger partial charge in [-0.1, -0.05) is 52.8 Å². The third-order valence-electron chi connectivity index (χ3n) is 6.09. The molecule has 2 aliphatic rings. The van der Waals surface area contributed by atoms with Gasteiger partial charge in [-0.25, -0.2) is 4.98 Å². The summed E-state index contributed by atoms with van der Waals surface area (Å²) in [6, 6.07) is -0.643. The fourth-order valence-electron chi connectivity index (χ4n) is 4.54. The van der Waals surface area contributed by atoms with Crippen LogP contribution in [0.15, 0.2) is 18.2 Å². The Labute approximate surface area is 192 Å². The Morgan fingerprint density at radius 2 is 1.97 bits per heavy atom. The van der Waals surface area contributed by atoms with Gasteiger partial charge in [-0.2, -0.15) is 0 Å². The first-order valence-electron chi connectivity index (χ1n) is 11.8. The quantitative estimate of drug-likeness (QED) is 0.709. The number of fused-ring (bicyclic) bond motifs is 1. The molecule has 0 fully saturated rings. The molecule has 0 spiro atoms. The minimum atomic E-state index is -0.643. The maximum atomic E-state index is 13.5. The number of hydrogen-bond acceptors (Lipinski definition) is 4. The van der Waals surface area contributed by atoms with Crippen molar-refractivity contribution in [3.8, 4) is 0 Å². The van der Waals surface area contributed by atoms with Crippen LogP contribution in [0.4, 0.5) is 0 Å². The summed E-state index contributed by atoms with van der Waals surface area (Å²) in [6.45, 7) is 13.8. The van der Waals surface area contributed by atoms with E-state index in [1.54, 1.807) is 7.05 Å². The third-order valence-corrected chi connectivity index (χ3v) is 6.09. The summed E-state index contributed by atoms with van der Waals surface area (Å²) in [6.07, 6.45) is 9.27. The summed E-state index contributed by atoms with van der Waals surface area (Å²) >= 11 is 0. The second-order valence-electron chi connectivity index (χ2n) is 10.4. The Morgan fingerprint density at radius 3 is 2.56 bits per heavy atom. The van der Waals surface area contributed by atoms with Gasteiger partial charge in [0.05, 0.1) is 5.69 Å². The van der Waals surface area contributed by atoms with Crippen molar-refractivity contribution in [2.45, 2.75) is 73.0 Å². The van der Waals surface area contributed by atoms with Gasteiger partial charge >= 0.3 is 0 Å². The second kappa shape index (κ2) is 10.0. The fourth-order valence-corrected chi connectivity index (χ4v) is 4.54. The number of amides is 2. The van der Waals surface area contributed by atoms with Crippen LogP contribution >= 0.6 is 0 Å². The van der Waals surface area contributed by atoms with Crippen LogP contribution in [-0.4, -0.2) is 52.4 Å². The molecular weight excluding hydrogens is 402 g/mol. The monoisotopic (exact) mass is 441 g/mol. The molecule has 0 saturated heterocycles. The Morgan fingerprint density at radius 1 is 1.22 bits per heavy atom. The topological polar surface area (TPSA) is 79.3 Å². The normalized spacial score (nSPS) is 18.0. The van der Waals surface area contributed by atoms with Crippen molar-refractivity contribution < 1.29 is 9.59 Å². The summed E-state index contributed by atoms with van der Waals surface area (Å²) < 4.78 is 2.24. The molecule has 3 rings (SSSR count).